The van der Waals surface area contributed by atoms with Crippen molar-refractivity contribution in [2.45, 2.75) is 13.0 Å². The lowest BCUT2D eigenvalue weighted by atomic mass is 9.98. The Morgan fingerprint density at radius 3 is 3.08 bits per heavy atom. The zero-order valence-corrected chi connectivity index (χ0v) is 7.88. The van der Waals surface area contributed by atoms with E-state index in [0.29, 0.717) is 0 Å². The van der Waals surface area contributed by atoms with E-state index in [0.717, 1.165) is 25.2 Å². The van der Waals surface area contributed by atoms with Crippen molar-refractivity contribution in [3.05, 3.63) is 29.3 Å². The second kappa shape index (κ2) is 3.36. The highest BCUT2D eigenvalue weighted by Gasteiger charge is 2.14. The minimum absolute atomic E-state index is 1.03. The fraction of sp³-hybridized carbons (Fsp3) is 0.400. The first-order chi connectivity index (χ1) is 6.31. The Kier molecular flexibility index (Phi) is 2.20. The van der Waals surface area contributed by atoms with Crippen molar-refractivity contribution in [1.29, 1.82) is 0 Å². The van der Waals surface area contributed by atoms with Gasteiger partial charge in [-0.1, -0.05) is 12.1 Å². The molecule has 3 nitrogen and oxygen atoms in total. The average Bonchev–Trinajstić information content (AvgIpc) is 2.16. The summed E-state index contributed by atoms with van der Waals surface area (Å²) in [6.07, 6.45) is 1.09. The van der Waals surface area contributed by atoms with Crippen LogP contribution in [0, 0.1) is 0 Å². The van der Waals surface area contributed by atoms with Crippen molar-refractivity contribution in [2.24, 2.45) is 5.84 Å². The SMILES string of the molecule is CN1CCc2c(cccc2NN)C1. The number of likely N-dealkylation sites (N-methyl/N-ethyl adjacent to an activating group) is 1. The highest BCUT2D eigenvalue weighted by molar-refractivity contribution is 5.54. The largest absolute Gasteiger partial charge is 0.324 e. The minimum atomic E-state index is 1.03. The molecule has 0 spiro atoms. The fourth-order valence-electron chi connectivity index (χ4n) is 1.89. The Morgan fingerprint density at radius 1 is 1.46 bits per heavy atom. The normalized spacial score (nSPS) is 16.8. The van der Waals surface area contributed by atoms with Gasteiger partial charge in [-0.2, -0.15) is 0 Å². The van der Waals surface area contributed by atoms with Gasteiger partial charge in [-0.15, -0.1) is 0 Å². The maximum absolute atomic E-state index is 5.44. The van der Waals surface area contributed by atoms with Crippen molar-refractivity contribution >= 4 is 5.69 Å². The summed E-state index contributed by atoms with van der Waals surface area (Å²) < 4.78 is 0. The molecule has 0 saturated carbocycles. The molecule has 1 aliphatic rings. The van der Waals surface area contributed by atoms with Crippen molar-refractivity contribution in [1.82, 2.24) is 4.90 Å². The van der Waals surface area contributed by atoms with E-state index in [-0.39, 0.29) is 0 Å². The van der Waals surface area contributed by atoms with E-state index in [1.165, 1.54) is 11.1 Å². The molecule has 1 aliphatic heterocycles. The van der Waals surface area contributed by atoms with Crippen LogP contribution in [0.3, 0.4) is 0 Å². The molecule has 1 aromatic rings. The average molecular weight is 177 g/mol. The molecule has 0 aromatic heterocycles. The van der Waals surface area contributed by atoms with Gasteiger partial charge in [0, 0.05) is 13.1 Å². The van der Waals surface area contributed by atoms with Gasteiger partial charge < -0.3 is 10.3 Å². The predicted molar refractivity (Wildman–Crippen MR) is 54.3 cm³/mol. The first kappa shape index (κ1) is 8.53. The third kappa shape index (κ3) is 1.53. The Morgan fingerprint density at radius 2 is 2.31 bits per heavy atom. The van der Waals surface area contributed by atoms with Crippen LogP contribution >= 0.6 is 0 Å². The van der Waals surface area contributed by atoms with E-state index < -0.39 is 0 Å². The fourth-order valence-corrected chi connectivity index (χ4v) is 1.89. The molecule has 0 fully saturated rings. The second-order valence-corrected chi connectivity index (χ2v) is 3.58. The molecule has 2 rings (SSSR count). The predicted octanol–water partition coefficient (Wildman–Crippen LogP) is 0.960. The van der Waals surface area contributed by atoms with E-state index in [1.54, 1.807) is 0 Å². The maximum atomic E-state index is 5.44. The molecule has 0 unspecified atom stereocenters. The van der Waals surface area contributed by atoms with Crippen molar-refractivity contribution in [3.63, 3.8) is 0 Å². The summed E-state index contributed by atoms with van der Waals surface area (Å²) in [5, 5.41) is 0. The van der Waals surface area contributed by atoms with Crippen LogP contribution in [0.1, 0.15) is 11.1 Å². The van der Waals surface area contributed by atoms with Crippen LogP contribution in [0.25, 0.3) is 0 Å². The summed E-state index contributed by atoms with van der Waals surface area (Å²) >= 11 is 0. The summed E-state index contributed by atoms with van der Waals surface area (Å²) in [4.78, 5) is 2.32. The number of nitrogens with zero attached hydrogens (tertiary/aromatic N) is 1. The van der Waals surface area contributed by atoms with E-state index in [1.807, 2.05) is 12.1 Å². The summed E-state index contributed by atoms with van der Waals surface area (Å²) in [5.74, 6) is 5.44. The Hall–Kier alpha value is -1.06. The monoisotopic (exact) mass is 177 g/mol. The van der Waals surface area contributed by atoms with Gasteiger partial charge in [-0.3, -0.25) is 5.84 Å². The molecule has 0 aliphatic carbocycles. The Bertz CT molecular complexity index is 309. The summed E-state index contributed by atoms with van der Waals surface area (Å²) in [6.45, 7) is 2.15. The smallest absolute Gasteiger partial charge is 0.0520 e. The molecule has 3 heteroatoms. The number of benzene rings is 1. The van der Waals surface area contributed by atoms with Gasteiger partial charge in [0.1, 0.15) is 0 Å². The Labute approximate surface area is 78.5 Å². The van der Waals surface area contributed by atoms with Crippen LogP contribution in [0.2, 0.25) is 0 Å². The number of rotatable bonds is 1. The number of nitrogen functional groups attached to an aromatic ring is 1. The zero-order chi connectivity index (χ0) is 9.26. The van der Waals surface area contributed by atoms with Crippen LogP contribution in [-0.2, 0) is 13.0 Å². The van der Waals surface area contributed by atoms with Crippen LogP contribution in [0.4, 0.5) is 5.69 Å². The molecule has 0 saturated heterocycles. The second-order valence-electron chi connectivity index (χ2n) is 3.58. The molecule has 13 heavy (non-hydrogen) atoms. The standard InChI is InChI=1S/C10H15N3/c1-13-6-5-9-8(7-13)3-2-4-10(9)12-11/h2-4,12H,5-7,11H2,1H3. The number of hydrazine groups is 1. The van der Waals surface area contributed by atoms with Crippen LogP contribution < -0.4 is 11.3 Å². The topological polar surface area (TPSA) is 41.3 Å². The van der Waals surface area contributed by atoms with E-state index in [9.17, 15) is 0 Å². The minimum Gasteiger partial charge on any atom is -0.324 e. The van der Waals surface area contributed by atoms with Crippen LogP contribution in [-0.4, -0.2) is 18.5 Å². The number of hydrogen-bond acceptors (Lipinski definition) is 3. The van der Waals surface area contributed by atoms with Crippen molar-refractivity contribution < 1.29 is 0 Å². The zero-order valence-electron chi connectivity index (χ0n) is 7.88. The van der Waals surface area contributed by atoms with E-state index in [2.05, 4.69) is 23.4 Å². The summed E-state index contributed by atoms with van der Waals surface area (Å²) in [6, 6.07) is 6.25. The first-order valence-corrected chi connectivity index (χ1v) is 4.57. The van der Waals surface area contributed by atoms with Crippen LogP contribution in [0.5, 0.6) is 0 Å². The molecule has 70 valence electrons. The molecule has 1 heterocycles. The lowest BCUT2D eigenvalue weighted by Gasteiger charge is -2.26. The molecule has 0 atom stereocenters. The number of hydrogen-bond donors (Lipinski definition) is 2. The van der Waals surface area contributed by atoms with E-state index >= 15 is 0 Å². The van der Waals surface area contributed by atoms with E-state index in [4.69, 9.17) is 5.84 Å². The Balaban J connectivity index is 2.39. The van der Waals surface area contributed by atoms with Crippen LogP contribution in [0.15, 0.2) is 18.2 Å². The quantitative estimate of drug-likeness (QED) is 0.496. The third-order valence-corrected chi connectivity index (χ3v) is 2.61. The summed E-state index contributed by atoms with van der Waals surface area (Å²) in [5.41, 5.74) is 6.60. The lowest BCUT2D eigenvalue weighted by Crippen LogP contribution is -2.27. The number of nitrogens with one attached hydrogen (secondary N) is 1. The van der Waals surface area contributed by atoms with Gasteiger partial charge in [0.15, 0.2) is 0 Å². The number of fused-ring (bicyclic) bond motifs is 1. The molecule has 0 amide bonds. The summed E-state index contributed by atoms with van der Waals surface area (Å²) in [7, 11) is 2.14. The van der Waals surface area contributed by atoms with Gasteiger partial charge in [-0.05, 0) is 30.7 Å². The van der Waals surface area contributed by atoms with Gasteiger partial charge in [-0.25, -0.2) is 0 Å². The van der Waals surface area contributed by atoms with Crippen molar-refractivity contribution in [2.75, 3.05) is 19.0 Å². The third-order valence-electron chi connectivity index (χ3n) is 2.61. The molecule has 0 radical (unpaired) electrons. The molecular weight excluding hydrogens is 162 g/mol. The molecule has 3 N–H and O–H groups in total. The van der Waals surface area contributed by atoms with Gasteiger partial charge >= 0.3 is 0 Å². The van der Waals surface area contributed by atoms with Gasteiger partial charge in [0.25, 0.3) is 0 Å². The molecule has 0 bridgehead atoms. The highest BCUT2D eigenvalue weighted by Crippen LogP contribution is 2.24. The molecular formula is C10H15N3. The number of anilines is 1. The maximum Gasteiger partial charge on any atom is 0.0520 e. The highest BCUT2D eigenvalue weighted by atomic mass is 15.2. The lowest BCUT2D eigenvalue weighted by molar-refractivity contribution is 0.313. The van der Waals surface area contributed by atoms with Gasteiger partial charge in [0.2, 0.25) is 0 Å². The van der Waals surface area contributed by atoms with Crippen molar-refractivity contribution in [3.8, 4) is 0 Å². The molecule has 1 aromatic carbocycles. The number of nitrogens with two attached hydrogens (primary N) is 1. The van der Waals surface area contributed by atoms with Gasteiger partial charge in [0.05, 0.1) is 5.69 Å². The first-order valence-electron chi connectivity index (χ1n) is 4.57.